The van der Waals surface area contributed by atoms with Crippen molar-refractivity contribution in [2.24, 2.45) is 0 Å². The summed E-state index contributed by atoms with van der Waals surface area (Å²) in [5.74, 6) is 0. The number of rotatable bonds is 0. The number of nitrogens with zero attached hydrogens (tertiary/aromatic N) is 1. The van der Waals surface area contributed by atoms with E-state index in [9.17, 15) is 0 Å². The summed E-state index contributed by atoms with van der Waals surface area (Å²) in [6, 6.07) is 4.33. The molecule has 0 radical (unpaired) electrons. The molecule has 1 aromatic rings. The zero-order valence-corrected chi connectivity index (χ0v) is 8.42. The quantitative estimate of drug-likeness (QED) is 0.673. The molecule has 2 nitrogen and oxygen atoms in total. The first-order chi connectivity index (χ1) is 6.91. The minimum Gasteiger partial charge on any atom is -0.307 e. The van der Waals surface area contributed by atoms with Crippen molar-refractivity contribution in [3.05, 3.63) is 29.6 Å². The fourth-order valence-electron chi connectivity index (χ4n) is 2.95. The van der Waals surface area contributed by atoms with Crippen LogP contribution in [0.15, 0.2) is 18.3 Å². The number of hydrogen-bond acceptors (Lipinski definition) is 2. The molecule has 2 heteroatoms. The summed E-state index contributed by atoms with van der Waals surface area (Å²) < 4.78 is 0. The van der Waals surface area contributed by atoms with Crippen LogP contribution in [-0.2, 0) is 12.0 Å². The number of hydrogen-bond donors (Lipinski definition) is 1. The van der Waals surface area contributed by atoms with Gasteiger partial charge in [-0.05, 0) is 43.9 Å². The molecular weight excluding hydrogens is 172 g/mol. The number of piperidine rings is 1. The highest BCUT2D eigenvalue weighted by molar-refractivity contribution is 5.34. The van der Waals surface area contributed by atoms with Gasteiger partial charge in [0.2, 0.25) is 0 Å². The Hall–Kier alpha value is -0.890. The minimum atomic E-state index is 0.293. The highest BCUT2D eigenvalue weighted by Gasteiger charge is 2.39. The Morgan fingerprint density at radius 2 is 2.29 bits per heavy atom. The van der Waals surface area contributed by atoms with E-state index >= 15 is 0 Å². The highest BCUT2D eigenvalue weighted by Crippen LogP contribution is 2.40. The fraction of sp³-hybridized carbons (Fsp3) is 0.583. The first kappa shape index (κ1) is 8.42. The first-order valence-corrected chi connectivity index (χ1v) is 5.60. The van der Waals surface area contributed by atoms with Crippen molar-refractivity contribution >= 4 is 0 Å². The van der Waals surface area contributed by atoms with Crippen LogP contribution in [-0.4, -0.2) is 11.5 Å². The standard InChI is InChI=1S/C12H16N2/c1-2-9-14-12(6-1)7-5-11-10(12)4-3-8-13-11/h3-4,8,14H,1-2,5-7,9H2. The molecule has 2 heterocycles. The van der Waals surface area contributed by atoms with Crippen LogP contribution in [0.3, 0.4) is 0 Å². The molecule has 0 amide bonds. The van der Waals surface area contributed by atoms with Gasteiger partial charge in [-0.15, -0.1) is 0 Å². The molecule has 0 saturated carbocycles. The second-order valence-electron chi connectivity index (χ2n) is 4.46. The lowest BCUT2D eigenvalue weighted by Gasteiger charge is -2.35. The molecule has 3 rings (SSSR count). The Morgan fingerprint density at radius 3 is 3.14 bits per heavy atom. The van der Waals surface area contributed by atoms with Crippen molar-refractivity contribution in [1.29, 1.82) is 0 Å². The normalized spacial score (nSPS) is 30.6. The fourth-order valence-corrected chi connectivity index (χ4v) is 2.95. The number of nitrogens with one attached hydrogen (secondary N) is 1. The molecule has 0 bridgehead atoms. The van der Waals surface area contributed by atoms with E-state index in [0.29, 0.717) is 5.54 Å². The Labute approximate surface area is 84.7 Å². The topological polar surface area (TPSA) is 24.9 Å². The molecule has 1 saturated heterocycles. The molecule has 1 aromatic heterocycles. The van der Waals surface area contributed by atoms with Gasteiger partial charge in [0, 0.05) is 17.4 Å². The average Bonchev–Trinajstić information content (AvgIpc) is 2.60. The second-order valence-corrected chi connectivity index (χ2v) is 4.46. The summed E-state index contributed by atoms with van der Waals surface area (Å²) >= 11 is 0. The molecule has 74 valence electrons. The maximum Gasteiger partial charge on any atom is 0.0456 e. The maximum atomic E-state index is 4.47. The van der Waals surface area contributed by atoms with Crippen molar-refractivity contribution in [3.8, 4) is 0 Å². The van der Waals surface area contributed by atoms with E-state index in [0.717, 1.165) is 6.42 Å². The van der Waals surface area contributed by atoms with Crippen molar-refractivity contribution in [1.82, 2.24) is 10.3 Å². The van der Waals surface area contributed by atoms with Gasteiger partial charge < -0.3 is 5.32 Å². The summed E-state index contributed by atoms with van der Waals surface area (Å²) in [5.41, 5.74) is 3.09. The number of pyridine rings is 1. The molecule has 1 unspecified atom stereocenters. The number of aryl methyl sites for hydroxylation is 1. The van der Waals surface area contributed by atoms with Crippen LogP contribution in [0.5, 0.6) is 0 Å². The van der Waals surface area contributed by atoms with Gasteiger partial charge in [-0.2, -0.15) is 0 Å². The molecule has 1 atom stereocenters. The summed E-state index contributed by atoms with van der Waals surface area (Å²) in [6.07, 6.45) is 8.31. The van der Waals surface area contributed by atoms with E-state index in [4.69, 9.17) is 0 Å². The van der Waals surface area contributed by atoms with Gasteiger partial charge in [-0.3, -0.25) is 4.98 Å². The number of fused-ring (bicyclic) bond motifs is 2. The van der Waals surface area contributed by atoms with Crippen molar-refractivity contribution in [2.75, 3.05) is 6.54 Å². The van der Waals surface area contributed by atoms with Crippen LogP contribution in [0, 0.1) is 0 Å². The van der Waals surface area contributed by atoms with E-state index in [2.05, 4.69) is 22.4 Å². The summed E-state index contributed by atoms with van der Waals surface area (Å²) in [5, 5.41) is 3.71. The molecule has 1 aliphatic carbocycles. The summed E-state index contributed by atoms with van der Waals surface area (Å²) in [4.78, 5) is 4.47. The average molecular weight is 188 g/mol. The lowest BCUT2D eigenvalue weighted by atomic mass is 9.84. The van der Waals surface area contributed by atoms with Gasteiger partial charge >= 0.3 is 0 Å². The third-order valence-electron chi connectivity index (χ3n) is 3.69. The smallest absolute Gasteiger partial charge is 0.0456 e. The molecule has 2 aliphatic rings. The van der Waals surface area contributed by atoms with Gasteiger partial charge in [0.1, 0.15) is 0 Å². The SMILES string of the molecule is c1cnc2c(c1)C1(CCCCN1)CC2. The molecule has 14 heavy (non-hydrogen) atoms. The monoisotopic (exact) mass is 188 g/mol. The van der Waals surface area contributed by atoms with Crippen LogP contribution in [0.2, 0.25) is 0 Å². The van der Waals surface area contributed by atoms with Crippen LogP contribution >= 0.6 is 0 Å². The van der Waals surface area contributed by atoms with Gasteiger partial charge in [0.25, 0.3) is 0 Å². The third-order valence-corrected chi connectivity index (χ3v) is 3.69. The van der Waals surface area contributed by atoms with Crippen molar-refractivity contribution < 1.29 is 0 Å². The molecule has 0 aromatic carbocycles. The van der Waals surface area contributed by atoms with E-state index in [1.807, 2.05) is 6.20 Å². The minimum absolute atomic E-state index is 0.293. The van der Waals surface area contributed by atoms with Crippen LogP contribution in [0.25, 0.3) is 0 Å². The molecule has 1 aliphatic heterocycles. The zero-order valence-electron chi connectivity index (χ0n) is 8.42. The largest absolute Gasteiger partial charge is 0.307 e. The van der Waals surface area contributed by atoms with E-state index in [1.54, 1.807) is 0 Å². The molecule has 1 spiro atoms. The van der Waals surface area contributed by atoms with Crippen LogP contribution in [0.4, 0.5) is 0 Å². The van der Waals surface area contributed by atoms with Crippen LogP contribution < -0.4 is 5.32 Å². The zero-order chi connectivity index (χ0) is 9.43. The Morgan fingerprint density at radius 1 is 1.29 bits per heavy atom. The summed E-state index contributed by atoms with van der Waals surface area (Å²) in [6.45, 7) is 1.17. The predicted octanol–water partition coefficient (Wildman–Crippen LogP) is 2.00. The van der Waals surface area contributed by atoms with E-state index in [-0.39, 0.29) is 0 Å². The second kappa shape index (κ2) is 3.06. The Balaban J connectivity index is 2.03. The number of aromatic nitrogens is 1. The van der Waals surface area contributed by atoms with Gasteiger partial charge in [0.05, 0.1) is 0 Å². The first-order valence-electron chi connectivity index (χ1n) is 5.60. The third kappa shape index (κ3) is 1.10. The predicted molar refractivity (Wildman–Crippen MR) is 56.1 cm³/mol. The lowest BCUT2D eigenvalue weighted by Crippen LogP contribution is -2.44. The molecule has 1 N–H and O–H groups in total. The van der Waals surface area contributed by atoms with Gasteiger partial charge in [-0.1, -0.05) is 12.5 Å². The lowest BCUT2D eigenvalue weighted by molar-refractivity contribution is 0.257. The molecular formula is C12H16N2. The van der Waals surface area contributed by atoms with Gasteiger partial charge in [-0.25, -0.2) is 0 Å². The van der Waals surface area contributed by atoms with Crippen molar-refractivity contribution in [3.63, 3.8) is 0 Å². The van der Waals surface area contributed by atoms with Gasteiger partial charge in [0.15, 0.2) is 0 Å². The maximum absolute atomic E-state index is 4.47. The van der Waals surface area contributed by atoms with Crippen LogP contribution in [0.1, 0.15) is 36.9 Å². The molecule has 1 fully saturated rings. The summed E-state index contributed by atoms with van der Waals surface area (Å²) in [7, 11) is 0. The van der Waals surface area contributed by atoms with E-state index in [1.165, 1.54) is 43.5 Å². The van der Waals surface area contributed by atoms with Crippen molar-refractivity contribution in [2.45, 2.75) is 37.6 Å². The van der Waals surface area contributed by atoms with E-state index < -0.39 is 0 Å². The Bertz CT molecular complexity index is 334. The Kier molecular flexibility index (Phi) is 1.84. The highest BCUT2D eigenvalue weighted by atomic mass is 15.0.